The van der Waals surface area contributed by atoms with E-state index in [1.807, 2.05) is 24.3 Å². The zero-order chi connectivity index (χ0) is 17.3. The van der Waals surface area contributed by atoms with Crippen molar-refractivity contribution in [1.29, 1.82) is 5.26 Å². The highest BCUT2D eigenvalue weighted by Crippen LogP contribution is 2.39. The summed E-state index contributed by atoms with van der Waals surface area (Å²) in [6, 6.07) is 16.8. The summed E-state index contributed by atoms with van der Waals surface area (Å²) in [7, 11) is 0. The van der Waals surface area contributed by atoms with E-state index in [1.54, 1.807) is 24.3 Å². The molecule has 2 N–H and O–H groups in total. The fourth-order valence-electron chi connectivity index (χ4n) is 2.41. The van der Waals surface area contributed by atoms with Gasteiger partial charge in [0.25, 0.3) is 0 Å². The van der Waals surface area contributed by atoms with Gasteiger partial charge in [-0.2, -0.15) is 5.26 Å². The molecule has 3 rings (SSSR count). The molecule has 2 aromatic carbocycles. The number of nitrogens with two attached hydrogens (primary N) is 1. The first-order chi connectivity index (χ1) is 11.5. The van der Waals surface area contributed by atoms with Crippen LogP contribution in [0.2, 0.25) is 10.0 Å². The number of nitriles is 1. The van der Waals surface area contributed by atoms with Crippen LogP contribution in [0.3, 0.4) is 0 Å². The molecule has 0 aliphatic heterocycles. The van der Waals surface area contributed by atoms with Gasteiger partial charge in [-0.25, -0.2) is 4.98 Å². The predicted molar refractivity (Wildman–Crippen MR) is 102 cm³/mol. The number of anilines is 1. The predicted octanol–water partition coefficient (Wildman–Crippen LogP) is 5.94. The van der Waals surface area contributed by atoms with Crippen molar-refractivity contribution in [3.8, 4) is 28.5 Å². The van der Waals surface area contributed by atoms with E-state index in [0.717, 1.165) is 10.0 Å². The van der Waals surface area contributed by atoms with E-state index in [0.29, 0.717) is 26.9 Å². The third-order valence-corrected chi connectivity index (χ3v) is 5.06. The van der Waals surface area contributed by atoms with Crippen molar-refractivity contribution in [2.45, 2.75) is 0 Å². The van der Waals surface area contributed by atoms with Crippen molar-refractivity contribution in [2.75, 3.05) is 5.73 Å². The Morgan fingerprint density at radius 2 is 1.71 bits per heavy atom. The number of hydrogen-bond acceptors (Lipinski definition) is 3. The van der Waals surface area contributed by atoms with E-state index < -0.39 is 0 Å². The fourth-order valence-corrected chi connectivity index (χ4v) is 3.30. The maximum atomic E-state index is 9.48. The van der Waals surface area contributed by atoms with E-state index in [4.69, 9.17) is 28.9 Å². The first-order valence-electron chi connectivity index (χ1n) is 6.93. The van der Waals surface area contributed by atoms with Crippen molar-refractivity contribution in [1.82, 2.24) is 4.98 Å². The van der Waals surface area contributed by atoms with Crippen LogP contribution in [0.15, 0.2) is 53.0 Å². The average molecular weight is 419 g/mol. The lowest BCUT2D eigenvalue weighted by Crippen LogP contribution is -2.00. The zero-order valence-corrected chi connectivity index (χ0v) is 15.3. The largest absolute Gasteiger partial charge is 0.383 e. The molecule has 1 heterocycles. The second-order valence-electron chi connectivity index (χ2n) is 5.01. The van der Waals surface area contributed by atoms with Crippen molar-refractivity contribution in [2.24, 2.45) is 0 Å². The smallest absolute Gasteiger partial charge is 0.142 e. The summed E-state index contributed by atoms with van der Waals surface area (Å²) in [6.45, 7) is 0. The molecule has 118 valence electrons. The summed E-state index contributed by atoms with van der Waals surface area (Å²) in [5.74, 6) is 0.150. The number of rotatable bonds is 2. The van der Waals surface area contributed by atoms with E-state index >= 15 is 0 Å². The van der Waals surface area contributed by atoms with Crippen LogP contribution in [0.25, 0.3) is 22.4 Å². The standard InChI is InChI=1S/C18H10BrCl2N3/c19-14-6-2-1-4-11(14)16-8-12(13(9-22)18(23)24-16)10-5-3-7-15(20)17(10)21/h1-8H,(H2,23,24). The zero-order valence-electron chi connectivity index (χ0n) is 12.2. The van der Waals surface area contributed by atoms with Gasteiger partial charge in [0.05, 0.1) is 15.7 Å². The third kappa shape index (κ3) is 2.99. The van der Waals surface area contributed by atoms with Crippen LogP contribution < -0.4 is 5.73 Å². The SMILES string of the molecule is N#Cc1c(-c2cccc(Cl)c2Cl)cc(-c2ccccc2Br)nc1N. The molecule has 0 atom stereocenters. The Balaban J connectivity index is 2.32. The monoisotopic (exact) mass is 417 g/mol. The second kappa shape index (κ2) is 6.82. The van der Waals surface area contributed by atoms with Gasteiger partial charge in [0.15, 0.2) is 0 Å². The Morgan fingerprint density at radius 1 is 1.00 bits per heavy atom. The van der Waals surface area contributed by atoms with Crippen LogP contribution in [0.4, 0.5) is 5.82 Å². The fraction of sp³-hybridized carbons (Fsp3) is 0. The van der Waals surface area contributed by atoms with Gasteiger partial charge < -0.3 is 5.73 Å². The first-order valence-corrected chi connectivity index (χ1v) is 8.47. The number of pyridine rings is 1. The van der Waals surface area contributed by atoms with Crippen LogP contribution in [0.5, 0.6) is 0 Å². The van der Waals surface area contributed by atoms with Crippen LogP contribution in [-0.2, 0) is 0 Å². The molecule has 6 heteroatoms. The number of aromatic nitrogens is 1. The van der Waals surface area contributed by atoms with Crippen molar-refractivity contribution >= 4 is 44.9 Å². The Morgan fingerprint density at radius 3 is 2.42 bits per heavy atom. The molecule has 3 nitrogen and oxygen atoms in total. The van der Waals surface area contributed by atoms with E-state index in [9.17, 15) is 5.26 Å². The summed E-state index contributed by atoms with van der Waals surface area (Å²) in [6.07, 6.45) is 0. The van der Waals surface area contributed by atoms with Crippen LogP contribution in [0.1, 0.15) is 5.56 Å². The molecule has 24 heavy (non-hydrogen) atoms. The molecule has 3 aromatic rings. The van der Waals surface area contributed by atoms with Crippen molar-refractivity contribution < 1.29 is 0 Å². The Labute approximate surface area is 157 Å². The Kier molecular flexibility index (Phi) is 4.77. The van der Waals surface area contributed by atoms with Gasteiger partial charge in [-0.05, 0) is 18.2 Å². The summed E-state index contributed by atoms with van der Waals surface area (Å²) in [4.78, 5) is 4.36. The summed E-state index contributed by atoms with van der Waals surface area (Å²) >= 11 is 15.9. The molecule has 0 spiro atoms. The topological polar surface area (TPSA) is 62.7 Å². The van der Waals surface area contributed by atoms with Crippen LogP contribution in [0, 0.1) is 11.3 Å². The number of benzene rings is 2. The lowest BCUT2D eigenvalue weighted by atomic mass is 9.98. The van der Waals surface area contributed by atoms with Gasteiger partial charge in [-0.3, -0.25) is 0 Å². The molecule has 0 aliphatic carbocycles. The molecular weight excluding hydrogens is 409 g/mol. The highest BCUT2D eigenvalue weighted by molar-refractivity contribution is 9.10. The van der Waals surface area contributed by atoms with Crippen molar-refractivity contribution in [3.05, 3.63) is 68.6 Å². The maximum absolute atomic E-state index is 9.48. The van der Waals surface area contributed by atoms with E-state index in [2.05, 4.69) is 27.0 Å². The Hall–Kier alpha value is -2.06. The van der Waals surface area contributed by atoms with E-state index in [-0.39, 0.29) is 11.4 Å². The van der Waals surface area contributed by atoms with Gasteiger partial charge in [-0.15, -0.1) is 0 Å². The minimum Gasteiger partial charge on any atom is -0.383 e. The van der Waals surface area contributed by atoms with Gasteiger partial charge in [0.2, 0.25) is 0 Å². The van der Waals surface area contributed by atoms with Gasteiger partial charge >= 0.3 is 0 Å². The minimum atomic E-state index is 0.150. The number of hydrogen-bond donors (Lipinski definition) is 1. The second-order valence-corrected chi connectivity index (χ2v) is 6.65. The van der Waals surface area contributed by atoms with Crippen LogP contribution >= 0.6 is 39.1 Å². The van der Waals surface area contributed by atoms with Gasteiger partial charge in [-0.1, -0.05) is 69.5 Å². The highest BCUT2D eigenvalue weighted by atomic mass is 79.9. The quantitative estimate of drug-likeness (QED) is 0.560. The summed E-state index contributed by atoms with van der Waals surface area (Å²) in [5, 5.41) is 10.3. The summed E-state index contributed by atoms with van der Waals surface area (Å²) in [5.41, 5.74) is 9.05. The molecule has 0 radical (unpaired) electrons. The molecule has 0 amide bonds. The number of nitrogen functional groups attached to an aromatic ring is 1. The van der Waals surface area contributed by atoms with Crippen LogP contribution in [-0.4, -0.2) is 4.98 Å². The third-order valence-electron chi connectivity index (χ3n) is 3.55. The molecule has 0 unspecified atom stereocenters. The Bertz CT molecular complexity index is 980. The average Bonchev–Trinajstić information content (AvgIpc) is 2.57. The van der Waals surface area contributed by atoms with Gasteiger partial charge in [0.1, 0.15) is 17.5 Å². The lowest BCUT2D eigenvalue weighted by molar-refractivity contribution is 1.30. The van der Waals surface area contributed by atoms with E-state index in [1.165, 1.54) is 0 Å². The van der Waals surface area contributed by atoms with Crippen molar-refractivity contribution in [3.63, 3.8) is 0 Å². The molecular formula is C18H10BrCl2N3. The molecule has 0 aliphatic rings. The number of nitrogens with zero attached hydrogens (tertiary/aromatic N) is 2. The summed E-state index contributed by atoms with van der Waals surface area (Å²) < 4.78 is 0.879. The molecule has 0 saturated carbocycles. The first kappa shape index (κ1) is 16.8. The maximum Gasteiger partial charge on any atom is 0.142 e. The molecule has 1 aromatic heterocycles. The highest BCUT2D eigenvalue weighted by Gasteiger charge is 2.17. The van der Waals surface area contributed by atoms with Gasteiger partial charge in [0, 0.05) is 21.2 Å². The number of halogens is 3. The lowest BCUT2D eigenvalue weighted by Gasteiger charge is -2.12. The molecule has 0 saturated heterocycles. The molecule has 0 fully saturated rings. The normalized spacial score (nSPS) is 10.4. The molecule has 0 bridgehead atoms. The minimum absolute atomic E-state index is 0.150.